The first-order valence-corrected chi connectivity index (χ1v) is 6.04. The molecule has 2 amide bonds. The zero-order valence-electron chi connectivity index (χ0n) is 10.1. The van der Waals surface area contributed by atoms with Gasteiger partial charge in [0.2, 0.25) is 0 Å². The van der Waals surface area contributed by atoms with Crippen LogP contribution in [0.15, 0.2) is 24.3 Å². The number of urea groups is 1. The van der Waals surface area contributed by atoms with E-state index in [0.717, 1.165) is 0 Å². The molecule has 1 saturated heterocycles. The second-order valence-electron chi connectivity index (χ2n) is 3.99. The second-order valence-corrected chi connectivity index (χ2v) is 4.43. The maximum atomic E-state index is 11.9. The first-order valence-electron chi connectivity index (χ1n) is 5.66. The Morgan fingerprint density at radius 3 is 2.61 bits per heavy atom. The van der Waals surface area contributed by atoms with Gasteiger partial charge in [-0.05, 0) is 24.3 Å². The number of ether oxygens (including phenoxy) is 2. The van der Waals surface area contributed by atoms with E-state index in [1.807, 2.05) is 0 Å². The summed E-state index contributed by atoms with van der Waals surface area (Å²) in [5.74, 6) is 0. The molecule has 6 heteroatoms. The van der Waals surface area contributed by atoms with Crippen molar-refractivity contribution in [1.29, 1.82) is 0 Å². The lowest BCUT2D eigenvalue weighted by Crippen LogP contribution is -2.37. The quantitative estimate of drug-likeness (QED) is 0.916. The monoisotopic (exact) mass is 270 g/mol. The Bertz CT molecular complexity index is 404. The molecule has 0 unspecified atom stereocenters. The molecule has 1 heterocycles. The molecule has 0 aromatic heterocycles. The minimum atomic E-state index is -0.328. The topological polar surface area (TPSA) is 50.8 Å². The third kappa shape index (κ3) is 3.60. The van der Waals surface area contributed by atoms with Crippen LogP contribution < -0.4 is 5.32 Å². The van der Waals surface area contributed by atoms with Crippen LogP contribution in [0, 0.1) is 0 Å². The number of amides is 2. The molecule has 1 aromatic carbocycles. The van der Waals surface area contributed by atoms with E-state index < -0.39 is 0 Å². The van der Waals surface area contributed by atoms with Crippen molar-refractivity contribution < 1.29 is 14.3 Å². The number of likely N-dealkylation sites (N-methyl/N-ethyl adjacent to an activating group) is 1. The van der Waals surface area contributed by atoms with Gasteiger partial charge in [0.15, 0.2) is 6.29 Å². The Labute approximate surface area is 111 Å². The highest BCUT2D eigenvalue weighted by Gasteiger charge is 2.20. The number of anilines is 1. The maximum absolute atomic E-state index is 11.9. The lowest BCUT2D eigenvalue weighted by atomic mass is 10.3. The Morgan fingerprint density at radius 2 is 2.00 bits per heavy atom. The molecule has 0 saturated carbocycles. The van der Waals surface area contributed by atoms with Crippen LogP contribution in [0.25, 0.3) is 0 Å². The number of halogens is 1. The second kappa shape index (κ2) is 6.04. The lowest BCUT2D eigenvalue weighted by molar-refractivity contribution is -0.0518. The number of rotatable bonds is 3. The number of benzene rings is 1. The molecule has 0 atom stereocenters. The molecule has 1 aliphatic heterocycles. The van der Waals surface area contributed by atoms with E-state index in [0.29, 0.717) is 30.5 Å². The van der Waals surface area contributed by atoms with Crippen LogP contribution in [0.4, 0.5) is 10.5 Å². The van der Waals surface area contributed by atoms with Crippen LogP contribution in [-0.4, -0.2) is 44.0 Å². The molecule has 0 bridgehead atoms. The van der Waals surface area contributed by atoms with Crippen molar-refractivity contribution in [2.45, 2.75) is 6.29 Å². The zero-order valence-corrected chi connectivity index (χ0v) is 10.8. The summed E-state index contributed by atoms with van der Waals surface area (Å²) in [6.45, 7) is 1.56. The summed E-state index contributed by atoms with van der Waals surface area (Å²) >= 11 is 5.77. The van der Waals surface area contributed by atoms with Gasteiger partial charge in [-0.15, -0.1) is 0 Å². The number of nitrogens with zero attached hydrogens (tertiary/aromatic N) is 1. The first-order chi connectivity index (χ1) is 8.65. The smallest absolute Gasteiger partial charge is 0.321 e. The van der Waals surface area contributed by atoms with Gasteiger partial charge < -0.3 is 19.7 Å². The predicted octanol–water partition coefficient (Wildman–Crippen LogP) is 2.18. The molecule has 18 heavy (non-hydrogen) atoms. The molecule has 98 valence electrons. The van der Waals surface area contributed by atoms with Crippen molar-refractivity contribution in [3.05, 3.63) is 29.3 Å². The van der Waals surface area contributed by atoms with E-state index in [-0.39, 0.29) is 12.3 Å². The Balaban J connectivity index is 1.84. The number of carbonyl (C=O) groups excluding carboxylic acids is 1. The van der Waals surface area contributed by atoms with E-state index in [1.165, 1.54) is 4.90 Å². The highest BCUT2D eigenvalue weighted by atomic mass is 35.5. The minimum absolute atomic E-state index is 0.212. The summed E-state index contributed by atoms with van der Waals surface area (Å²) in [6.07, 6.45) is -0.328. The molecule has 0 aliphatic carbocycles. The molecule has 0 radical (unpaired) electrons. The fourth-order valence-corrected chi connectivity index (χ4v) is 1.70. The highest BCUT2D eigenvalue weighted by molar-refractivity contribution is 6.30. The number of hydrogen-bond acceptors (Lipinski definition) is 3. The first kappa shape index (κ1) is 13.1. The summed E-state index contributed by atoms with van der Waals surface area (Å²) in [7, 11) is 1.69. The average molecular weight is 271 g/mol. The third-order valence-corrected chi connectivity index (χ3v) is 2.81. The van der Waals surface area contributed by atoms with Crippen molar-refractivity contribution in [3.8, 4) is 0 Å². The standard InChI is InChI=1S/C12H15ClN2O3/c1-15(8-11-17-6-7-18-11)12(16)14-10-4-2-9(13)3-5-10/h2-5,11H,6-8H2,1H3,(H,14,16). The van der Waals surface area contributed by atoms with Crippen LogP contribution in [0.3, 0.4) is 0 Å². The van der Waals surface area contributed by atoms with Crippen molar-refractivity contribution in [2.75, 3.05) is 32.1 Å². The van der Waals surface area contributed by atoms with E-state index in [4.69, 9.17) is 21.1 Å². The van der Waals surface area contributed by atoms with Crippen molar-refractivity contribution in [2.24, 2.45) is 0 Å². The van der Waals surface area contributed by atoms with Crippen LogP contribution in [0.2, 0.25) is 5.02 Å². The molecule has 1 N–H and O–H groups in total. The van der Waals surface area contributed by atoms with Crippen molar-refractivity contribution >= 4 is 23.3 Å². The van der Waals surface area contributed by atoms with Crippen LogP contribution in [-0.2, 0) is 9.47 Å². The summed E-state index contributed by atoms with van der Waals surface area (Å²) in [6, 6.07) is 6.73. The van der Waals surface area contributed by atoms with Crippen LogP contribution in [0.5, 0.6) is 0 Å². The van der Waals surface area contributed by atoms with Crippen molar-refractivity contribution in [1.82, 2.24) is 4.90 Å². The Morgan fingerprint density at radius 1 is 1.39 bits per heavy atom. The molecular weight excluding hydrogens is 256 g/mol. The van der Waals surface area contributed by atoms with E-state index in [1.54, 1.807) is 31.3 Å². The van der Waals surface area contributed by atoms with Crippen LogP contribution in [0.1, 0.15) is 0 Å². The highest BCUT2D eigenvalue weighted by Crippen LogP contribution is 2.14. The number of carbonyl (C=O) groups is 1. The molecule has 0 spiro atoms. The molecule has 5 nitrogen and oxygen atoms in total. The Kier molecular flexibility index (Phi) is 4.41. The molecule has 1 aliphatic rings. The van der Waals surface area contributed by atoms with Gasteiger partial charge in [0.05, 0.1) is 19.8 Å². The molecule has 2 rings (SSSR count). The summed E-state index contributed by atoms with van der Waals surface area (Å²) in [4.78, 5) is 13.4. The Hall–Kier alpha value is -1.30. The summed E-state index contributed by atoms with van der Waals surface area (Å²) in [5.41, 5.74) is 0.699. The lowest BCUT2D eigenvalue weighted by Gasteiger charge is -2.20. The molecule has 1 aromatic rings. The maximum Gasteiger partial charge on any atom is 0.321 e. The van der Waals surface area contributed by atoms with E-state index in [2.05, 4.69) is 5.32 Å². The van der Waals surface area contributed by atoms with Gasteiger partial charge in [-0.1, -0.05) is 11.6 Å². The van der Waals surface area contributed by atoms with Gasteiger partial charge in [-0.2, -0.15) is 0 Å². The van der Waals surface area contributed by atoms with Gasteiger partial charge in [0, 0.05) is 17.8 Å². The summed E-state index contributed by atoms with van der Waals surface area (Å²) < 4.78 is 10.6. The predicted molar refractivity (Wildman–Crippen MR) is 68.8 cm³/mol. The fraction of sp³-hybridized carbons (Fsp3) is 0.417. The van der Waals surface area contributed by atoms with Crippen LogP contribution >= 0.6 is 11.6 Å². The fourth-order valence-electron chi connectivity index (χ4n) is 1.57. The number of hydrogen-bond donors (Lipinski definition) is 1. The number of nitrogens with one attached hydrogen (secondary N) is 1. The minimum Gasteiger partial charge on any atom is -0.348 e. The third-order valence-electron chi connectivity index (χ3n) is 2.56. The van der Waals surface area contributed by atoms with Gasteiger partial charge in [0.25, 0.3) is 0 Å². The average Bonchev–Trinajstić information content (AvgIpc) is 2.85. The molecule has 1 fully saturated rings. The van der Waals surface area contributed by atoms with E-state index >= 15 is 0 Å². The molecular formula is C12H15ClN2O3. The van der Waals surface area contributed by atoms with Gasteiger partial charge in [-0.3, -0.25) is 0 Å². The van der Waals surface area contributed by atoms with Gasteiger partial charge in [-0.25, -0.2) is 4.79 Å². The van der Waals surface area contributed by atoms with Crippen molar-refractivity contribution in [3.63, 3.8) is 0 Å². The zero-order chi connectivity index (χ0) is 13.0. The summed E-state index contributed by atoms with van der Waals surface area (Å²) in [5, 5.41) is 3.39. The van der Waals surface area contributed by atoms with Gasteiger partial charge in [0.1, 0.15) is 0 Å². The normalized spacial score (nSPS) is 15.7. The van der Waals surface area contributed by atoms with Gasteiger partial charge >= 0.3 is 6.03 Å². The van der Waals surface area contributed by atoms with E-state index in [9.17, 15) is 4.79 Å². The largest absolute Gasteiger partial charge is 0.348 e. The SMILES string of the molecule is CN(CC1OCCO1)C(=O)Nc1ccc(Cl)cc1.